The van der Waals surface area contributed by atoms with Crippen LogP contribution in [0.3, 0.4) is 0 Å². The lowest BCUT2D eigenvalue weighted by atomic mass is 10.0. The molecule has 0 radical (unpaired) electrons. The van der Waals surface area contributed by atoms with Crippen LogP contribution in [0.2, 0.25) is 0 Å². The second-order valence-corrected chi connectivity index (χ2v) is 4.66. The zero-order valence-electron chi connectivity index (χ0n) is 9.83. The van der Waals surface area contributed by atoms with Crippen molar-refractivity contribution in [2.45, 2.75) is 32.7 Å². The molecule has 0 aromatic rings. The number of nitrogens with one attached hydrogen (secondary N) is 1. The van der Waals surface area contributed by atoms with E-state index in [1.807, 2.05) is 4.90 Å². The van der Waals surface area contributed by atoms with Gasteiger partial charge in [0.15, 0.2) is 0 Å². The molecule has 0 aromatic carbocycles. The van der Waals surface area contributed by atoms with Crippen molar-refractivity contribution < 1.29 is 4.79 Å². The molecule has 0 saturated carbocycles. The molecule has 1 aliphatic heterocycles. The summed E-state index contributed by atoms with van der Waals surface area (Å²) in [5.41, 5.74) is 5.33. The quantitative estimate of drug-likeness (QED) is 0.700. The fourth-order valence-corrected chi connectivity index (χ4v) is 1.86. The van der Waals surface area contributed by atoms with E-state index in [0.29, 0.717) is 12.0 Å². The Morgan fingerprint density at radius 1 is 1.47 bits per heavy atom. The maximum absolute atomic E-state index is 11.3. The van der Waals surface area contributed by atoms with E-state index in [0.717, 1.165) is 32.5 Å². The van der Waals surface area contributed by atoms with E-state index in [1.165, 1.54) is 0 Å². The first-order chi connectivity index (χ1) is 7.13. The van der Waals surface area contributed by atoms with Gasteiger partial charge in [0.05, 0.1) is 6.54 Å². The van der Waals surface area contributed by atoms with E-state index >= 15 is 0 Å². The van der Waals surface area contributed by atoms with Gasteiger partial charge in [-0.15, -0.1) is 0 Å². The Kier molecular flexibility index (Phi) is 5.05. The first-order valence-electron chi connectivity index (χ1n) is 5.84. The van der Waals surface area contributed by atoms with Crippen molar-refractivity contribution in [1.82, 2.24) is 10.2 Å². The van der Waals surface area contributed by atoms with Crippen molar-refractivity contribution in [3.05, 3.63) is 0 Å². The Balaban J connectivity index is 2.21. The molecule has 88 valence electrons. The monoisotopic (exact) mass is 213 g/mol. The maximum atomic E-state index is 11.3. The van der Waals surface area contributed by atoms with Crippen LogP contribution in [0.25, 0.3) is 0 Å². The van der Waals surface area contributed by atoms with E-state index < -0.39 is 0 Å². The smallest absolute Gasteiger partial charge is 0.236 e. The Hall–Kier alpha value is -0.610. The summed E-state index contributed by atoms with van der Waals surface area (Å²) in [6.45, 7) is 7.33. The number of hydrogen-bond acceptors (Lipinski definition) is 3. The topological polar surface area (TPSA) is 58.4 Å². The predicted octanol–water partition coefficient (Wildman–Crippen LogP) is 0.182. The largest absolute Gasteiger partial charge is 0.341 e. The van der Waals surface area contributed by atoms with Crippen LogP contribution in [-0.2, 0) is 4.79 Å². The lowest BCUT2D eigenvalue weighted by Gasteiger charge is -2.32. The SMILES string of the molecule is CC(C)CNC1CCN(C(=O)CN)CC1. The molecule has 1 heterocycles. The molecule has 0 atom stereocenters. The minimum Gasteiger partial charge on any atom is -0.341 e. The molecule has 0 spiro atoms. The highest BCUT2D eigenvalue weighted by molar-refractivity contribution is 5.78. The van der Waals surface area contributed by atoms with Crippen molar-refractivity contribution in [2.75, 3.05) is 26.2 Å². The van der Waals surface area contributed by atoms with Crippen molar-refractivity contribution in [3.8, 4) is 0 Å². The summed E-state index contributed by atoms with van der Waals surface area (Å²) < 4.78 is 0. The summed E-state index contributed by atoms with van der Waals surface area (Å²) in [7, 11) is 0. The molecule has 1 rings (SSSR count). The maximum Gasteiger partial charge on any atom is 0.236 e. The Morgan fingerprint density at radius 3 is 2.53 bits per heavy atom. The third-order valence-electron chi connectivity index (χ3n) is 2.84. The van der Waals surface area contributed by atoms with Gasteiger partial charge in [0, 0.05) is 19.1 Å². The number of amides is 1. The molecule has 1 aliphatic rings. The average molecular weight is 213 g/mol. The van der Waals surface area contributed by atoms with Crippen LogP contribution in [-0.4, -0.2) is 43.0 Å². The van der Waals surface area contributed by atoms with Gasteiger partial charge in [-0.3, -0.25) is 4.79 Å². The van der Waals surface area contributed by atoms with Gasteiger partial charge in [-0.25, -0.2) is 0 Å². The Labute approximate surface area is 92.2 Å². The Bertz CT molecular complexity index is 198. The molecular formula is C11H23N3O. The van der Waals surface area contributed by atoms with Gasteiger partial charge in [-0.1, -0.05) is 13.8 Å². The average Bonchev–Trinajstić information content (AvgIpc) is 2.26. The second kappa shape index (κ2) is 6.08. The van der Waals surface area contributed by atoms with Crippen molar-refractivity contribution in [2.24, 2.45) is 11.7 Å². The zero-order valence-corrected chi connectivity index (χ0v) is 9.83. The highest BCUT2D eigenvalue weighted by atomic mass is 16.2. The van der Waals surface area contributed by atoms with E-state index in [9.17, 15) is 4.79 Å². The number of nitrogens with zero attached hydrogens (tertiary/aromatic N) is 1. The number of likely N-dealkylation sites (tertiary alicyclic amines) is 1. The third-order valence-corrected chi connectivity index (χ3v) is 2.84. The van der Waals surface area contributed by atoms with Crippen LogP contribution in [0.5, 0.6) is 0 Å². The van der Waals surface area contributed by atoms with Gasteiger partial charge >= 0.3 is 0 Å². The number of hydrogen-bond donors (Lipinski definition) is 2. The molecule has 0 bridgehead atoms. The van der Waals surface area contributed by atoms with Crippen molar-refractivity contribution in [3.63, 3.8) is 0 Å². The van der Waals surface area contributed by atoms with Crippen molar-refractivity contribution >= 4 is 5.91 Å². The lowest BCUT2D eigenvalue weighted by Crippen LogP contribution is -2.47. The number of nitrogens with two attached hydrogens (primary N) is 1. The van der Waals surface area contributed by atoms with Crippen LogP contribution in [0.4, 0.5) is 0 Å². The fraction of sp³-hybridized carbons (Fsp3) is 0.909. The molecule has 0 aliphatic carbocycles. The van der Waals surface area contributed by atoms with Gasteiger partial charge in [0.2, 0.25) is 5.91 Å². The van der Waals surface area contributed by atoms with E-state index in [-0.39, 0.29) is 12.5 Å². The first kappa shape index (κ1) is 12.5. The number of rotatable bonds is 4. The van der Waals surface area contributed by atoms with Gasteiger partial charge < -0.3 is 16.0 Å². The van der Waals surface area contributed by atoms with E-state index in [4.69, 9.17) is 5.73 Å². The summed E-state index contributed by atoms with van der Waals surface area (Å²) in [6, 6.07) is 0.578. The van der Waals surface area contributed by atoms with Crippen LogP contribution in [0, 0.1) is 5.92 Å². The van der Waals surface area contributed by atoms with Gasteiger partial charge in [0.25, 0.3) is 0 Å². The summed E-state index contributed by atoms with van der Waals surface area (Å²) in [4.78, 5) is 13.2. The Morgan fingerprint density at radius 2 is 2.07 bits per heavy atom. The summed E-state index contributed by atoms with van der Waals surface area (Å²) in [5.74, 6) is 0.769. The normalized spacial score (nSPS) is 18.5. The third kappa shape index (κ3) is 4.18. The molecule has 0 aromatic heterocycles. The number of piperidine rings is 1. The summed E-state index contributed by atoms with van der Waals surface area (Å²) in [6.07, 6.45) is 2.11. The molecular weight excluding hydrogens is 190 g/mol. The molecule has 15 heavy (non-hydrogen) atoms. The van der Waals surface area contributed by atoms with E-state index in [1.54, 1.807) is 0 Å². The minimum absolute atomic E-state index is 0.0808. The highest BCUT2D eigenvalue weighted by Crippen LogP contribution is 2.10. The zero-order chi connectivity index (χ0) is 11.3. The van der Waals surface area contributed by atoms with Gasteiger partial charge in [0.1, 0.15) is 0 Å². The fourth-order valence-electron chi connectivity index (χ4n) is 1.86. The first-order valence-corrected chi connectivity index (χ1v) is 5.84. The van der Waals surface area contributed by atoms with E-state index in [2.05, 4.69) is 19.2 Å². The molecule has 3 N–H and O–H groups in total. The second-order valence-electron chi connectivity index (χ2n) is 4.66. The predicted molar refractivity (Wildman–Crippen MR) is 61.5 cm³/mol. The molecule has 4 heteroatoms. The van der Waals surface area contributed by atoms with Gasteiger partial charge in [-0.2, -0.15) is 0 Å². The summed E-state index contributed by atoms with van der Waals surface area (Å²) in [5, 5.41) is 3.53. The van der Waals surface area contributed by atoms with Crippen LogP contribution >= 0.6 is 0 Å². The van der Waals surface area contributed by atoms with Crippen LogP contribution < -0.4 is 11.1 Å². The highest BCUT2D eigenvalue weighted by Gasteiger charge is 2.21. The lowest BCUT2D eigenvalue weighted by molar-refractivity contribution is -0.130. The van der Waals surface area contributed by atoms with Gasteiger partial charge in [-0.05, 0) is 25.3 Å². The molecule has 1 fully saturated rings. The van der Waals surface area contributed by atoms with Crippen LogP contribution in [0.15, 0.2) is 0 Å². The standard InChI is InChI=1S/C11H23N3O/c1-9(2)8-13-10-3-5-14(6-4-10)11(15)7-12/h9-10,13H,3-8,12H2,1-2H3. The number of carbonyl (C=O) groups excluding carboxylic acids is 1. The van der Waals surface area contributed by atoms with Crippen molar-refractivity contribution in [1.29, 1.82) is 0 Å². The minimum atomic E-state index is 0.0808. The molecule has 4 nitrogen and oxygen atoms in total. The molecule has 0 unspecified atom stereocenters. The molecule has 1 amide bonds. The summed E-state index contributed by atoms with van der Waals surface area (Å²) >= 11 is 0. The van der Waals surface area contributed by atoms with Crippen LogP contribution in [0.1, 0.15) is 26.7 Å². The number of carbonyl (C=O) groups is 1. The molecule has 1 saturated heterocycles.